The van der Waals surface area contributed by atoms with Crippen LogP contribution in [-0.4, -0.2) is 15.0 Å². The number of benzene rings is 1. The van der Waals surface area contributed by atoms with Gasteiger partial charge in [0.1, 0.15) is 0 Å². The lowest BCUT2D eigenvalue weighted by atomic mass is 10.2. The average molecular weight is 252 g/mol. The highest BCUT2D eigenvalue weighted by molar-refractivity contribution is 7.86. The summed E-state index contributed by atoms with van der Waals surface area (Å²) in [5.74, 6) is 0. The van der Waals surface area contributed by atoms with E-state index >= 15 is 0 Å². The third kappa shape index (κ3) is 3.41. The SMILES string of the molecule is O=S(=O)(OCCC1=CCCC1)c1ccccc1. The van der Waals surface area contributed by atoms with E-state index in [1.165, 1.54) is 12.0 Å². The van der Waals surface area contributed by atoms with Crippen molar-refractivity contribution in [3.63, 3.8) is 0 Å². The molecule has 3 nitrogen and oxygen atoms in total. The van der Waals surface area contributed by atoms with Gasteiger partial charge in [0.2, 0.25) is 0 Å². The summed E-state index contributed by atoms with van der Waals surface area (Å²) in [6.45, 7) is 0.239. The number of rotatable bonds is 5. The van der Waals surface area contributed by atoms with Crippen molar-refractivity contribution in [2.24, 2.45) is 0 Å². The largest absolute Gasteiger partial charge is 0.296 e. The molecule has 0 aromatic heterocycles. The van der Waals surface area contributed by atoms with Gasteiger partial charge in [-0.2, -0.15) is 8.42 Å². The third-order valence-electron chi connectivity index (χ3n) is 2.83. The van der Waals surface area contributed by atoms with E-state index < -0.39 is 10.1 Å². The summed E-state index contributed by atoms with van der Waals surface area (Å²) in [5, 5.41) is 0. The van der Waals surface area contributed by atoms with Crippen LogP contribution in [0.1, 0.15) is 25.7 Å². The van der Waals surface area contributed by atoms with Gasteiger partial charge in [-0.25, -0.2) is 0 Å². The standard InChI is InChI=1S/C13H16O3S/c14-17(15,13-8-2-1-3-9-13)16-11-10-12-6-4-5-7-12/h1-3,6,8-9H,4-5,7,10-11H2. The molecule has 0 unspecified atom stereocenters. The van der Waals surface area contributed by atoms with Gasteiger partial charge in [-0.1, -0.05) is 29.8 Å². The van der Waals surface area contributed by atoms with Gasteiger partial charge in [0, 0.05) is 0 Å². The quantitative estimate of drug-likeness (QED) is 0.598. The molecule has 0 saturated carbocycles. The van der Waals surface area contributed by atoms with Crippen molar-refractivity contribution >= 4 is 10.1 Å². The number of hydrogen-bond donors (Lipinski definition) is 0. The van der Waals surface area contributed by atoms with Crippen molar-refractivity contribution < 1.29 is 12.6 Å². The Bertz CT molecular complexity index is 489. The van der Waals surface area contributed by atoms with Gasteiger partial charge in [-0.05, 0) is 37.8 Å². The van der Waals surface area contributed by atoms with Crippen LogP contribution in [0.2, 0.25) is 0 Å². The molecular formula is C13H16O3S. The molecule has 2 rings (SSSR count). The van der Waals surface area contributed by atoms with Crippen LogP contribution in [0.15, 0.2) is 46.9 Å². The maximum absolute atomic E-state index is 11.8. The second-order valence-corrected chi connectivity index (χ2v) is 5.71. The normalized spacial score (nSPS) is 15.9. The molecule has 17 heavy (non-hydrogen) atoms. The molecule has 1 aliphatic rings. The lowest BCUT2D eigenvalue weighted by Gasteiger charge is -2.05. The molecule has 0 atom stereocenters. The molecule has 0 spiro atoms. The van der Waals surface area contributed by atoms with Crippen LogP contribution in [0.4, 0.5) is 0 Å². The minimum atomic E-state index is -3.58. The zero-order valence-electron chi connectivity index (χ0n) is 9.63. The topological polar surface area (TPSA) is 43.4 Å². The van der Waals surface area contributed by atoms with E-state index in [9.17, 15) is 8.42 Å². The Labute approximate surface area is 102 Å². The predicted molar refractivity (Wildman–Crippen MR) is 66.1 cm³/mol. The first-order chi connectivity index (χ1) is 8.18. The van der Waals surface area contributed by atoms with Crippen molar-refractivity contribution in [2.45, 2.75) is 30.6 Å². The van der Waals surface area contributed by atoms with Crippen molar-refractivity contribution in [3.8, 4) is 0 Å². The maximum atomic E-state index is 11.8. The van der Waals surface area contributed by atoms with Crippen molar-refractivity contribution in [1.29, 1.82) is 0 Å². The minimum absolute atomic E-state index is 0.223. The Hall–Kier alpha value is -1.13. The smallest absolute Gasteiger partial charge is 0.266 e. The Morgan fingerprint density at radius 3 is 2.59 bits per heavy atom. The van der Waals surface area contributed by atoms with Gasteiger partial charge in [0.05, 0.1) is 11.5 Å². The van der Waals surface area contributed by atoms with Crippen LogP contribution in [0.25, 0.3) is 0 Å². The molecule has 0 heterocycles. The number of hydrogen-bond acceptors (Lipinski definition) is 3. The Morgan fingerprint density at radius 2 is 1.94 bits per heavy atom. The van der Waals surface area contributed by atoms with E-state index in [1.54, 1.807) is 30.3 Å². The minimum Gasteiger partial charge on any atom is -0.266 e. The van der Waals surface area contributed by atoms with Gasteiger partial charge in [-0.3, -0.25) is 4.18 Å². The van der Waals surface area contributed by atoms with Crippen molar-refractivity contribution in [1.82, 2.24) is 0 Å². The maximum Gasteiger partial charge on any atom is 0.296 e. The molecule has 92 valence electrons. The summed E-state index contributed by atoms with van der Waals surface area (Å²) in [7, 11) is -3.58. The van der Waals surface area contributed by atoms with E-state index in [2.05, 4.69) is 6.08 Å². The first-order valence-electron chi connectivity index (χ1n) is 5.81. The first kappa shape index (κ1) is 12.3. The highest BCUT2D eigenvalue weighted by Gasteiger charge is 2.14. The summed E-state index contributed by atoms with van der Waals surface area (Å²) in [6, 6.07) is 8.25. The fraction of sp³-hybridized carbons (Fsp3) is 0.385. The van der Waals surface area contributed by atoms with Crippen LogP contribution in [0.3, 0.4) is 0 Å². The van der Waals surface area contributed by atoms with Gasteiger partial charge in [-0.15, -0.1) is 0 Å². The van der Waals surface area contributed by atoms with Gasteiger partial charge >= 0.3 is 0 Å². The molecule has 1 aliphatic carbocycles. The van der Waals surface area contributed by atoms with Crippen molar-refractivity contribution in [2.75, 3.05) is 6.61 Å². The van der Waals surface area contributed by atoms with Gasteiger partial charge in [0.15, 0.2) is 0 Å². The van der Waals surface area contributed by atoms with E-state index in [0.717, 1.165) is 12.8 Å². The second-order valence-electron chi connectivity index (χ2n) is 4.09. The van der Waals surface area contributed by atoms with Crippen LogP contribution in [0, 0.1) is 0 Å². The monoisotopic (exact) mass is 252 g/mol. The molecule has 1 aromatic carbocycles. The first-order valence-corrected chi connectivity index (χ1v) is 7.22. The Morgan fingerprint density at radius 1 is 1.18 bits per heavy atom. The number of allylic oxidation sites excluding steroid dienone is 1. The molecule has 0 amide bonds. The summed E-state index contributed by atoms with van der Waals surface area (Å²) >= 11 is 0. The summed E-state index contributed by atoms with van der Waals surface area (Å²) in [6.07, 6.45) is 6.26. The molecule has 0 radical (unpaired) electrons. The third-order valence-corrected chi connectivity index (χ3v) is 4.16. The van der Waals surface area contributed by atoms with E-state index in [1.807, 2.05) is 0 Å². The van der Waals surface area contributed by atoms with Crippen LogP contribution in [0.5, 0.6) is 0 Å². The van der Waals surface area contributed by atoms with E-state index in [4.69, 9.17) is 4.18 Å². The molecule has 0 fully saturated rings. The van der Waals surface area contributed by atoms with Gasteiger partial charge < -0.3 is 0 Å². The zero-order chi connectivity index (χ0) is 12.1. The highest BCUT2D eigenvalue weighted by atomic mass is 32.2. The molecule has 0 N–H and O–H groups in total. The lowest BCUT2D eigenvalue weighted by Crippen LogP contribution is -2.07. The predicted octanol–water partition coefficient (Wildman–Crippen LogP) is 2.89. The molecule has 0 bridgehead atoms. The second kappa shape index (κ2) is 5.47. The van der Waals surface area contributed by atoms with Crippen LogP contribution in [-0.2, 0) is 14.3 Å². The molecule has 0 aliphatic heterocycles. The van der Waals surface area contributed by atoms with Crippen LogP contribution >= 0.6 is 0 Å². The molecule has 4 heteroatoms. The molecule has 0 saturated heterocycles. The van der Waals surface area contributed by atoms with Crippen LogP contribution < -0.4 is 0 Å². The Balaban J connectivity index is 1.90. The molecule has 1 aromatic rings. The fourth-order valence-corrected chi connectivity index (χ4v) is 2.83. The Kier molecular flexibility index (Phi) is 3.97. The zero-order valence-corrected chi connectivity index (χ0v) is 10.4. The lowest BCUT2D eigenvalue weighted by molar-refractivity contribution is 0.321. The highest BCUT2D eigenvalue weighted by Crippen LogP contribution is 2.21. The van der Waals surface area contributed by atoms with Gasteiger partial charge in [0.25, 0.3) is 10.1 Å². The van der Waals surface area contributed by atoms with E-state index in [0.29, 0.717) is 6.42 Å². The average Bonchev–Trinajstić information content (AvgIpc) is 2.83. The summed E-state index contributed by atoms with van der Waals surface area (Å²) in [4.78, 5) is 0.223. The fourth-order valence-electron chi connectivity index (χ4n) is 1.90. The summed E-state index contributed by atoms with van der Waals surface area (Å²) < 4.78 is 28.5. The summed E-state index contributed by atoms with van der Waals surface area (Å²) in [5.41, 5.74) is 1.31. The van der Waals surface area contributed by atoms with E-state index in [-0.39, 0.29) is 11.5 Å². The van der Waals surface area contributed by atoms with Crippen molar-refractivity contribution in [3.05, 3.63) is 42.0 Å². The molecular weight excluding hydrogens is 236 g/mol.